The SMILES string of the molecule is CC(=O)C1=C(O)C2C(=O)C3=C(O)c4c(O)c(C(C)=O)cc(C(C)=O)c4CC3CC2CC1=O.O.[HH].[HH]. The molecule has 33 heavy (non-hydrogen) atoms. The summed E-state index contributed by atoms with van der Waals surface area (Å²) in [4.78, 5) is 61.9. The summed E-state index contributed by atoms with van der Waals surface area (Å²) in [6, 6.07) is 1.29. The molecule has 0 radical (unpaired) electrons. The number of phenols is 1. The number of fused-ring (bicyclic) bond motifs is 3. The number of aromatic hydroxyl groups is 1. The summed E-state index contributed by atoms with van der Waals surface area (Å²) in [5.74, 6) is -6.55. The lowest BCUT2D eigenvalue weighted by molar-refractivity contribution is -0.127. The molecule has 0 aliphatic heterocycles. The van der Waals surface area contributed by atoms with E-state index in [1.807, 2.05) is 0 Å². The Balaban J connectivity index is 0.00000204. The topological polar surface area (TPSA) is 178 Å². The molecule has 1 fully saturated rings. The monoisotopic (exact) mass is 460 g/mol. The highest BCUT2D eigenvalue weighted by atomic mass is 16.3. The van der Waals surface area contributed by atoms with Crippen LogP contribution in [0.3, 0.4) is 0 Å². The van der Waals surface area contributed by atoms with Gasteiger partial charge in [0.2, 0.25) is 0 Å². The summed E-state index contributed by atoms with van der Waals surface area (Å²) in [7, 11) is 0. The van der Waals surface area contributed by atoms with Crippen molar-refractivity contribution in [2.24, 2.45) is 17.8 Å². The zero-order valence-electron chi connectivity index (χ0n) is 18.3. The lowest BCUT2D eigenvalue weighted by Crippen LogP contribution is -2.44. The standard InChI is InChI=1S/C24H22O8.H2O.2H2/c1-8(25)13-7-14(9(2)26)21(29)20-15(13)5-11-4-12-6-16(28)17(10(3)27)22(30)19(12)23(31)18(11)24(20)32;;;/h7,11-12,19,29-30,32H,4-6H2,1-3H3;1H2;2*1H. The molecule has 3 unspecified atom stereocenters. The fraction of sp³-hybridized carbons (Fsp3) is 0.375. The highest BCUT2D eigenvalue weighted by Gasteiger charge is 2.51. The summed E-state index contributed by atoms with van der Waals surface area (Å²) >= 11 is 0. The molecule has 3 aliphatic rings. The van der Waals surface area contributed by atoms with E-state index in [9.17, 15) is 39.3 Å². The predicted molar refractivity (Wildman–Crippen MR) is 119 cm³/mol. The molecule has 0 heterocycles. The van der Waals surface area contributed by atoms with Gasteiger partial charge in [0.05, 0.1) is 22.6 Å². The van der Waals surface area contributed by atoms with Crippen molar-refractivity contribution < 1.29 is 47.6 Å². The second-order valence-electron chi connectivity index (χ2n) is 8.73. The van der Waals surface area contributed by atoms with Crippen LogP contribution < -0.4 is 0 Å². The van der Waals surface area contributed by atoms with Crippen LogP contribution in [-0.4, -0.2) is 49.7 Å². The Bertz CT molecular complexity index is 1230. The highest BCUT2D eigenvalue weighted by Crippen LogP contribution is 2.51. The number of Topliss-reactive ketones (excluding diaryl/α,β-unsaturated/α-hetero) is 5. The van der Waals surface area contributed by atoms with Gasteiger partial charge in [-0.05, 0) is 57.1 Å². The van der Waals surface area contributed by atoms with Gasteiger partial charge in [0, 0.05) is 20.4 Å². The predicted octanol–water partition coefficient (Wildman–Crippen LogP) is 2.49. The molecule has 1 aromatic rings. The summed E-state index contributed by atoms with van der Waals surface area (Å²) in [5.41, 5.74) is -0.204. The average Bonchev–Trinajstić information content (AvgIpc) is 2.66. The number of hydrogen-bond acceptors (Lipinski definition) is 8. The van der Waals surface area contributed by atoms with Crippen molar-refractivity contribution in [3.63, 3.8) is 0 Å². The number of hydrogen-bond donors (Lipinski definition) is 3. The van der Waals surface area contributed by atoms with E-state index in [4.69, 9.17) is 0 Å². The quantitative estimate of drug-likeness (QED) is 0.455. The lowest BCUT2D eigenvalue weighted by atomic mass is 9.61. The van der Waals surface area contributed by atoms with Gasteiger partial charge >= 0.3 is 0 Å². The number of phenolic OH excluding ortho intramolecular Hbond substituents is 1. The van der Waals surface area contributed by atoms with Gasteiger partial charge < -0.3 is 20.8 Å². The molecule has 1 saturated carbocycles. The van der Waals surface area contributed by atoms with E-state index >= 15 is 0 Å². The van der Waals surface area contributed by atoms with E-state index in [1.54, 1.807) is 0 Å². The molecule has 0 bridgehead atoms. The van der Waals surface area contributed by atoms with Crippen LogP contribution in [0, 0.1) is 17.8 Å². The maximum atomic E-state index is 13.4. The normalized spacial score (nSPS) is 23.9. The van der Waals surface area contributed by atoms with Gasteiger partial charge in [-0.2, -0.15) is 0 Å². The third-order valence-electron chi connectivity index (χ3n) is 6.75. The molecule has 3 aliphatic carbocycles. The number of benzene rings is 1. The first-order chi connectivity index (χ1) is 15.0. The van der Waals surface area contributed by atoms with Crippen molar-refractivity contribution >= 4 is 34.7 Å². The van der Waals surface area contributed by atoms with Gasteiger partial charge in [-0.1, -0.05) is 0 Å². The van der Waals surface area contributed by atoms with E-state index in [2.05, 4.69) is 0 Å². The van der Waals surface area contributed by atoms with Crippen LogP contribution >= 0.6 is 0 Å². The molecule has 178 valence electrons. The van der Waals surface area contributed by atoms with E-state index in [0.717, 1.165) is 6.92 Å². The fourth-order valence-corrected chi connectivity index (χ4v) is 5.40. The van der Waals surface area contributed by atoms with E-state index in [1.165, 1.54) is 19.9 Å². The Labute approximate surface area is 191 Å². The number of allylic oxidation sites excluding steroid dienone is 3. The van der Waals surface area contributed by atoms with Crippen LogP contribution in [0.25, 0.3) is 5.76 Å². The molecule has 9 heteroatoms. The third kappa shape index (κ3) is 3.39. The molecule has 0 aromatic heterocycles. The van der Waals surface area contributed by atoms with Gasteiger partial charge in [-0.25, -0.2) is 0 Å². The molecule has 0 amide bonds. The molecule has 0 saturated heterocycles. The van der Waals surface area contributed by atoms with Crippen molar-refractivity contribution in [1.29, 1.82) is 0 Å². The van der Waals surface area contributed by atoms with Gasteiger partial charge in [0.25, 0.3) is 0 Å². The number of carbonyl (C=O) groups excluding carboxylic acids is 5. The van der Waals surface area contributed by atoms with Crippen molar-refractivity contribution in [3.05, 3.63) is 45.2 Å². The first-order valence-corrected chi connectivity index (χ1v) is 10.3. The molecule has 1 aromatic carbocycles. The Morgan fingerprint density at radius 2 is 1.55 bits per heavy atom. The first-order valence-electron chi connectivity index (χ1n) is 10.3. The molecule has 4 rings (SSSR count). The van der Waals surface area contributed by atoms with Crippen molar-refractivity contribution in [2.45, 2.75) is 40.0 Å². The molecule has 0 spiro atoms. The van der Waals surface area contributed by atoms with Crippen LogP contribution in [0.1, 0.15) is 68.3 Å². The molecule has 5 N–H and O–H groups in total. The molecular formula is C24H28O9. The van der Waals surface area contributed by atoms with Gasteiger partial charge in [0.1, 0.15) is 17.3 Å². The second kappa shape index (κ2) is 8.08. The van der Waals surface area contributed by atoms with Gasteiger partial charge in [0.15, 0.2) is 28.9 Å². The fourth-order valence-electron chi connectivity index (χ4n) is 5.40. The number of aliphatic hydroxyl groups excluding tert-OH is 2. The van der Waals surface area contributed by atoms with Crippen LogP contribution in [0.15, 0.2) is 23.0 Å². The van der Waals surface area contributed by atoms with Gasteiger partial charge in [-0.15, -0.1) is 0 Å². The summed E-state index contributed by atoms with van der Waals surface area (Å²) in [6.45, 7) is 3.65. The Morgan fingerprint density at radius 3 is 2.09 bits per heavy atom. The highest BCUT2D eigenvalue weighted by molar-refractivity contribution is 6.22. The first kappa shape index (κ1) is 24.1. The largest absolute Gasteiger partial charge is 0.511 e. The third-order valence-corrected chi connectivity index (χ3v) is 6.75. The molecular weight excluding hydrogens is 432 g/mol. The number of ketones is 5. The summed E-state index contributed by atoms with van der Waals surface area (Å²) in [6.07, 6.45) is 0.326. The lowest BCUT2D eigenvalue weighted by Gasteiger charge is -2.41. The van der Waals surface area contributed by atoms with Crippen LogP contribution in [-0.2, 0) is 20.8 Å². The number of carbonyl (C=O) groups is 5. The summed E-state index contributed by atoms with van der Waals surface area (Å²) < 4.78 is 0. The molecule has 9 nitrogen and oxygen atoms in total. The van der Waals surface area contributed by atoms with Crippen LogP contribution in [0.5, 0.6) is 5.75 Å². The van der Waals surface area contributed by atoms with Crippen molar-refractivity contribution in [2.75, 3.05) is 0 Å². The minimum atomic E-state index is -1.15. The smallest absolute Gasteiger partial charge is 0.173 e. The van der Waals surface area contributed by atoms with E-state index < -0.39 is 63.7 Å². The minimum absolute atomic E-state index is 0. The van der Waals surface area contributed by atoms with Gasteiger partial charge in [-0.3, -0.25) is 24.0 Å². The summed E-state index contributed by atoms with van der Waals surface area (Å²) in [5, 5.41) is 32.4. The average molecular weight is 460 g/mol. The molecule has 3 atom stereocenters. The van der Waals surface area contributed by atoms with Crippen molar-refractivity contribution in [3.8, 4) is 5.75 Å². The van der Waals surface area contributed by atoms with Crippen molar-refractivity contribution in [1.82, 2.24) is 0 Å². The van der Waals surface area contributed by atoms with Crippen LogP contribution in [0.4, 0.5) is 0 Å². The Hall–Kier alpha value is -3.59. The minimum Gasteiger partial charge on any atom is -0.511 e. The zero-order chi connectivity index (χ0) is 23.6. The maximum absolute atomic E-state index is 13.4. The number of rotatable bonds is 3. The zero-order valence-corrected chi connectivity index (χ0v) is 18.3. The Kier molecular flexibility index (Phi) is 5.89. The number of aliphatic hydroxyl groups is 2. The van der Waals surface area contributed by atoms with E-state index in [-0.39, 0.29) is 55.6 Å². The second-order valence-corrected chi connectivity index (χ2v) is 8.73. The van der Waals surface area contributed by atoms with Crippen LogP contribution in [0.2, 0.25) is 0 Å². The maximum Gasteiger partial charge on any atom is 0.173 e. The Morgan fingerprint density at radius 1 is 0.939 bits per heavy atom. The van der Waals surface area contributed by atoms with E-state index in [0.29, 0.717) is 5.56 Å².